The molecule has 3 nitrogen and oxygen atoms in total. The van der Waals surface area contributed by atoms with Gasteiger partial charge in [0.2, 0.25) is 0 Å². The van der Waals surface area contributed by atoms with Crippen LogP contribution >= 0.6 is 11.8 Å². The Hall–Kier alpha value is -0.990. The van der Waals surface area contributed by atoms with E-state index in [0.29, 0.717) is 12.8 Å². The SMILES string of the molecule is C#Cc1cc(C)c([C@@](O)(CC)SC(CO)CCO)cc1CC. The van der Waals surface area contributed by atoms with E-state index in [-0.39, 0.29) is 18.5 Å². The van der Waals surface area contributed by atoms with E-state index >= 15 is 0 Å². The van der Waals surface area contributed by atoms with E-state index in [0.717, 1.165) is 28.7 Å². The molecule has 122 valence electrons. The van der Waals surface area contributed by atoms with Crippen LogP contribution in [0.2, 0.25) is 0 Å². The zero-order chi connectivity index (χ0) is 16.8. The third kappa shape index (κ3) is 4.27. The summed E-state index contributed by atoms with van der Waals surface area (Å²) in [4.78, 5) is -1.09. The van der Waals surface area contributed by atoms with Gasteiger partial charge in [-0.3, -0.25) is 0 Å². The van der Waals surface area contributed by atoms with Crippen molar-refractivity contribution < 1.29 is 15.3 Å². The molecule has 1 aromatic carbocycles. The van der Waals surface area contributed by atoms with Crippen LogP contribution in [0, 0.1) is 19.3 Å². The van der Waals surface area contributed by atoms with Gasteiger partial charge in [0.1, 0.15) is 4.93 Å². The fourth-order valence-electron chi connectivity index (χ4n) is 2.54. The van der Waals surface area contributed by atoms with E-state index in [9.17, 15) is 10.2 Å². The topological polar surface area (TPSA) is 60.7 Å². The highest BCUT2D eigenvalue weighted by molar-refractivity contribution is 8.00. The lowest BCUT2D eigenvalue weighted by Crippen LogP contribution is -2.27. The first-order valence-electron chi connectivity index (χ1n) is 7.68. The highest BCUT2D eigenvalue weighted by atomic mass is 32.2. The second kappa shape index (κ2) is 8.59. The summed E-state index contributed by atoms with van der Waals surface area (Å²) >= 11 is 1.31. The first-order chi connectivity index (χ1) is 10.4. The minimum absolute atomic E-state index is 0.00670. The molecule has 0 aliphatic carbocycles. The van der Waals surface area contributed by atoms with E-state index in [1.165, 1.54) is 11.8 Å². The minimum Gasteiger partial charge on any atom is -0.396 e. The summed E-state index contributed by atoms with van der Waals surface area (Å²) in [6.07, 6.45) is 7.32. The quantitative estimate of drug-likeness (QED) is 0.508. The molecule has 1 unspecified atom stereocenters. The Labute approximate surface area is 137 Å². The van der Waals surface area contributed by atoms with Crippen molar-refractivity contribution in [3.63, 3.8) is 0 Å². The van der Waals surface area contributed by atoms with Gasteiger partial charge >= 0.3 is 0 Å². The molecule has 4 heteroatoms. The molecule has 0 saturated carbocycles. The maximum absolute atomic E-state index is 11.1. The Kier molecular flexibility index (Phi) is 7.44. The molecule has 0 heterocycles. The predicted molar refractivity (Wildman–Crippen MR) is 92.8 cm³/mol. The molecule has 2 atom stereocenters. The lowest BCUT2D eigenvalue weighted by molar-refractivity contribution is 0.130. The molecule has 0 aromatic heterocycles. The van der Waals surface area contributed by atoms with Gasteiger partial charge in [-0.1, -0.05) is 25.8 Å². The molecule has 0 fully saturated rings. The van der Waals surface area contributed by atoms with Gasteiger partial charge in [0, 0.05) is 17.4 Å². The first kappa shape index (κ1) is 19.1. The third-order valence-electron chi connectivity index (χ3n) is 3.90. The van der Waals surface area contributed by atoms with Crippen molar-refractivity contribution in [2.24, 2.45) is 0 Å². The first-order valence-corrected chi connectivity index (χ1v) is 8.56. The summed E-state index contributed by atoms with van der Waals surface area (Å²) in [5.74, 6) is 2.69. The molecule has 1 rings (SSSR count). The van der Waals surface area contributed by atoms with Crippen LogP contribution in [0.25, 0.3) is 0 Å². The number of hydrogen-bond acceptors (Lipinski definition) is 4. The van der Waals surface area contributed by atoms with Crippen LogP contribution in [0.3, 0.4) is 0 Å². The Morgan fingerprint density at radius 2 is 2.00 bits per heavy atom. The Bertz CT molecular complexity index is 536. The summed E-state index contributed by atoms with van der Waals surface area (Å²) < 4.78 is 0. The van der Waals surface area contributed by atoms with Gasteiger partial charge in [-0.25, -0.2) is 0 Å². The number of terminal acetylenes is 1. The van der Waals surface area contributed by atoms with E-state index in [1.807, 2.05) is 32.9 Å². The molecular formula is C18H26O3S. The lowest BCUT2D eigenvalue weighted by Gasteiger charge is -2.32. The number of thioether (sulfide) groups is 1. The third-order valence-corrected chi connectivity index (χ3v) is 5.52. The second-order valence-electron chi connectivity index (χ2n) is 5.39. The van der Waals surface area contributed by atoms with Gasteiger partial charge in [0.05, 0.1) is 6.61 Å². The minimum atomic E-state index is -1.09. The van der Waals surface area contributed by atoms with Crippen LogP contribution in [-0.4, -0.2) is 33.8 Å². The number of aliphatic hydroxyl groups excluding tert-OH is 2. The normalized spacial score (nSPS) is 15.1. The van der Waals surface area contributed by atoms with Gasteiger partial charge in [-0.15, -0.1) is 18.2 Å². The maximum atomic E-state index is 11.1. The molecule has 1 aromatic rings. The van der Waals surface area contributed by atoms with Crippen molar-refractivity contribution in [1.82, 2.24) is 0 Å². The van der Waals surface area contributed by atoms with E-state index in [2.05, 4.69) is 5.92 Å². The Morgan fingerprint density at radius 3 is 2.45 bits per heavy atom. The van der Waals surface area contributed by atoms with Crippen molar-refractivity contribution in [2.75, 3.05) is 13.2 Å². The average molecular weight is 322 g/mol. The summed E-state index contributed by atoms with van der Waals surface area (Å²) in [5, 5.41) is 29.4. The number of rotatable bonds is 8. The molecule has 3 N–H and O–H groups in total. The van der Waals surface area contributed by atoms with Crippen molar-refractivity contribution in [3.8, 4) is 12.3 Å². The standard InChI is InChI=1S/C18H26O3S/c1-5-14-10-13(4)17(11-15(14)6-2)18(21,7-3)22-16(12-20)8-9-19/h1,10-11,16,19-21H,6-9,12H2,2-4H3/t16?,18-/m1/s1. The van der Waals surface area contributed by atoms with Crippen molar-refractivity contribution in [1.29, 1.82) is 0 Å². The largest absolute Gasteiger partial charge is 0.396 e. The van der Waals surface area contributed by atoms with E-state index in [4.69, 9.17) is 11.5 Å². The maximum Gasteiger partial charge on any atom is 0.136 e. The molecule has 0 saturated heterocycles. The average Bonchev–Trinajstić information content (AvgIpc) is 2.53. The van der Waals surface area contributed by atoms with Gasteiger partial charge in [-0.05, 0) is 48.9 Å². The fourth-order valence-corrected chi connectivity index (χ4v) is 3.91. The zero-order valence-corrected chi connectivity index (χ0v) is 14.4. The zero-order valence-electron chi connectivity index (χ0n) is 13.6. The smallest absolute Gasteiger partial charge is 0.136 e. The summed E-state index contributed by atoms with van der Waals surface area (Å²) in [7, 11) is 0. The van der Waals surface area contributed by atoms with Crippen LogP contribution < -0.4 is 0 Å². The highest BCUT2D eigenvalue weighted by Gasteiger charge is 2.33. The van der Waals surface area contributed by atoms with Crippen molar-refractivity contribution >= 4 is 11.8 Å². The highest BCUT2D eigenvalue weighted by Crippen LogP contribution is 2.42. The molecule has 0 bridgehead atoms. The summed E-state index contributed by atoms with van der Waals surface area (Å²) in [6, 6.07) is 3.92. The predicted octanol–water partition coefficient (Wildman–Crippen LogP) is 2.57. The van der Waals surface area contributed by atoms with Crippen molar-refractivity contribution in [2.45, 2.75) is 50.2 Å². The fraction of sp³-hybridized carbons (Fsp3) is 0.556. The second-order valence-corrected chi connectivity index (χ2v) is 6.97. The number of aryl methyl sites for hydroxylation is 2. The van der Waals surface area contributed by atoms with Crippen LogP contribution in [0.15, 0.2) is 12.1 Å². The lowest BCUT2D eigenvalue weighted by atomic mass is 9.93. The molecular weight excluding hydrogens is 296 g/mol. The summed E-state index contributed by atoms with van der Waals surface area (Å²) in [6.45, 7) is 5.82. The molecule has 0 spiro atoms. The van der Waals surface area contributed by atoms with Gasteiger partial charge < -0.3 is 15.3 Å². The number of hydrogen-bond donors (Lipinski definition) is 3. The molecule has 0 aliphatic heterocycles. The monoisotopic (exact) mass is 322 g/mol. The van der Waals surface area contributed by atoms with Crippen LogP contribution in [0.5, 0.6) is 0 Å². The van der Waals surface area contributed by atoms with Crippen molar-refractivity contribution in [3.05, 3.63) is 34.4 Å². The van der Waals surface area contributed by atoms with Crippen LogP contribution in [0.4, 0.5) is 0 Å². The van der Waals surface area contributed by atoms with Gasteiger partial charge in [0.25, 0.3) is 0 Å². The number of aliphatic hydroxyl groups is 3. The van der Waals surface area contributed by atoms with E-state index in [1.54, 1.807) is 0 Å². The van der Waals surface area contributed by atoms with Gasteiger partial charge in [-0.2, -0.15) is 0 Å². The Morgan fingerprint density at radius 1 is 1.32 bits per heavy atom. The molecule has 0 aliphatic rings. The van der Waals surface area contributed by atoms with E-state index < -0.39 is 4.93 Å². The Balaban J connectivity index is 3.26. The molecule has 0 radical (unpaired) electrons. The van der Waals surface area contributed by atoms with Gasteiger partial charge in [0.15, 0.2) is 0 Å². The summed E-state index contributed by atoms with van der Waals surface area (Å²) in [5.41, 5.74) is 3.69. The molecule has 0 amide bonds. The van der Waals surface area contributed by atoms with Crippen LogP contribution in [-0.2, 0) is 11.4 Å². The number of benzene rings is 1. The van der Waals surface area contributed by atoms with Crippen LogP contribution in [0.1, 0.15) is 48.9 Å². The molecule has 22 heavy (non-hydrogen) atoms.